The Morgan fingerprint density at radius 2 is 1.84 bits per heavy atom. The molecule has 0 radical (unpaired) electrons. The molecule has 1 saturated carbocycles. The van der Waals surface area contributed by atoms with Gasteiger partial charge in [-0.25, -0.2) is 9.97 Å². The zero-order valence-corrected chi connectivity index (χ0v) is 23.0. The zero-order chi connectivity index (χ0) is 26.1. The lowest BCUT2D eigenvalue weighted by Gasteiger charge is -2.32. The number of rotatable bonds is 7. The predicted octanol–water partition coefficient (Wildman–Crippen LogP) is 5.64. The van der Waals surface area contributed by atoms with Crippen LogP contribution in [0.4, 0.5) is 17.6 Å². The van der Waals surface area contributed by atoms with Crippen LogP contribution in [-0.2, 0) is 4.79 Å². The number of anilines is 3. The molecule has 2 fully saturated rings. The largest absolute Gasteiger partial charge is 0.369 e. The van der Waals surface area contributed by atoms with E-state index >= 15 is 0 Å². The van der Waals surface area contributed by atoms with E-state index in [1.807, 2.05) is 0 Å². The first-order valence-electron chi connectivity index (χ1n) is 12.8. The average molecular weight is 566 g/mol. The fourth-order valence-corrected chi connectivity index (χ4v) is 6.34. The number of likely N-dealkylation sites (N-methyl/N-ethyl adjacent to an activating group) is 1. The highest BCUT2D eigenvalue weighted by Crippen LogP contribution is 2.40. The molecule has 3 aromatic rings. The van der Waals surface area contributed by atoms with Crippen LogP contribution in [0.3, 0.4) is 0 Å². The highest BCUT2D eigenvalue weighted by molar-refractivity contribution is 6.41. The monoisotopic (exact) mass is 564 g/mol. The van der Waals surface area contributed by atoms with E-state index < -0.39 is 0 Å². The number of nitrogens with one attached hydrogen (secondary N) is 2. The molecule has 1 aliphatic heterocycles. The van der Waals surface area contributed by atoms with Gasteiger partial charge in [0.2, 0.25) is 17.8 Å². The topological polar surface area (TPSA) is 114 Å². The smallest absolute Gasteiger partial charge is 0.225 e. The fraction of sp³-hybridized carbons (Fsp3) is 0.520. The molecule has 0 bridgehead atoms. The lowest BCUT2D eigenvalue weighted by molar-refractivity contribution is -0.122. The van der Waals surface area contributed by atoms with Crippen molar-refractivity contribution < 1.29 is 4.79 Å². The van der Waals surface area contributed by atoms with Crippen LogP contribution in [0.25, 0.3) is 11.2 Å². The van der Waals surface area contributed by atoms with E-state index in [9.17, 15) is 4.79 Å². The maximum Gasteiger partial charge on any atom is 0.225 e. The fourth-order valence-electron chi connectivity index (χ4n) is 5.43. The van der Waals surface area contributed by atoms with Crippen LogP contribution < -0.4 is 16.4 Å². The summed E-state index contributed by atoms with van der Waals surface area (Å²) < 4.78 is 2.08. The van der Waals surface area contributed by atoms with Gasteiger partial charge in [0.15, 0.2) is 5.65 Å². The Bertz CT molecular complexity index is 1270. The average Bonchev–Trinajstić information content (AvgIpc) is 3.23. The summed E-state index contributed by atoms with van der Waals surface area (Å²) in [6.45, 7) is 5.31. The molecule has 0 spiro atoms. The molecule has 4 N–H and O–H groups in total. The van der Waals surface area contributed by atoms with E-state index in [4.69, 9.17) is 50.5 Å². The number of piperidine rings is 1. The number of halogens is 3. The highest BCUT2D eigenvalue weighted by Gasteiger charge is 2.30. The minimum atomic E-state index is -0.241. The molecule has 1 amide bonds. The lowest BCUT2D eigenvalue weighted by atomic mass is 9.85. The van der Waals surface area contributed by atoms with Crippen molar-refractivity contribution in [1.82, 2.24) is 24.4 Å². The standard InChI is InChI=1S/C25H31Cl3N8O/c1-2-35-9-3-4-16(13-35)31-24-30-12-20-23(34-24)36(17-7-5-14(6-8-17)22(29)37)25(32-20)33-21-18(27)10-15(26)11-19(21)28/h10-12,14,16-17H,2-9,13H2,1H3,(H2,29,37)(H,32,33)(H,30,31,34)/t14?,16-,17?/m1/s1. The molecule has 198 valence electrons. The number of benzene rings is 1. The molecular formula is C25H31Cl3N8O. The van der Waals surface area contributed by atoms with Gasteiger partial charge in [-0.2, -0.15) is 4.98 Å². The number of nitrogens with two attached hydrogens (primary N) is 1. The number of likely N-dealkylation sites (tertiary alicyclic amines) is 1. The molecule has 9 nitrogen and oxygen atoms in total. The van der Waals surface area contributed by atoms with Crippen molar-refractivity contribution in [3.05, 3.63) is 33.4 Å². The number of aromatic nitrogens is 4. The third kappa shape index (κ3) is 5.74. The van der Waals surface area contributed by atoms with Crippen LogP contribution in [-0.4, -0.2) is 56.0 Å². The van der Waals surface area contributed by atoms with Crippen LogP contribution in [0.5, 0.6) is 0 Å². The Balaban J connectivity index is 1.50. The predicted molar refractivity (Wildman–Crippen MR) is 149 cm³/mol. The molecule has 0 unspecified atom stereocenters. The molecule has 2 aliphatic rings. The van der Waals surface area contributed by atoms with Crippen LogP contribution >= 0.6 is 34.8 Å². The Labute approximate surface area is 231 Å². The second kappa shape index (κ2) is 11.2. The Morgan fingerprint density at radius 1 is 1.11 bits per heavy atom. The first kappa shape index (κ1) is 26.3. The lowest BCUT2D eigenvalue weighted by Crippen LogP contribution is -2.42. The summed E-state index contributed by atoms with van der Waals surface area (Å²) >= 11 is 19.1. The number of amides is 1. The van der Waals surface area contributed by atoms with E-state index in [1.54, 1.807) is 18.3 Å². The molecule has 1 aliphatic carbocycles. The van der Waals surface area contributed by atoms with Crippen LogP contribution in [0.2, 0.25) is 15.1 Å². The molecule has 1 aromatic carbocycles. The number of imidazole rings is 1. The maximum atomic E-state index is 11.8. The molecule has 5 rings (SSSR count). The number of nitrogens with zero attached hydrogens (tertiary/aromatic N) is 5. The molecular weight excluding hydrogens is 535 g/mol. The highest BCUT2D eigenvalue weighted by atomic mass is 35.5. The second-order valence-electron chi connectivity index (χ2n) is 9.86. The number of primary amides is 1. The first-order chi connectivity index (χ1) is 17.8. The number of hydrogen-bond acceptors (Lipinski definition) is 7. The second-order valence-corrected chi connectivity index (χ2v) is 11.1. The van der Waals surface area contributed by atoms with Crippen molar-refractivity contribution in [1.29, 1.82) is 0 Å². The summed E-state index contributed by atoms with van der Waals surface area (Å²) in [5.74, 6) is 0.790. The van der Waals surface area contributed by atoms with Gasteiger partial charge < -0.3 is 21.3 Å². The van der Waals surface area contributed by atoms with Crippen molar-refractivity contribution >= 4 is 69.5 Å². The Hall–Kier alpha value is -2.33. The number of carbonyl (C=O) groups is 1. The van der Waals surface area contributed by atoms with E-state index in [2.05, 4.69) is 32.0 Å². The van der Waals surface area contributed by atoms with E-state index in [0.717, 1.165) is 45.3 Å². The van der Waals surface area contributed by atoms with Crippen LogP contribution in [0, 0.1) is 5.92 Å². The first-order valence-corrected chi connectivity index (χ1v) is 13.9. The SMILES string of the molecule is CCN1CCC[C@@H](Nc2ncc3nc(Nc4c(Cl)cc(Cl)cc4Cl)n(C4CCC(C(N)=O)CC4)c3n2)C1. The third-order valence-electron chi connectivity index (χ3n) is 7.43. The van der Waals surface area contributed by atoms with Crippen molar-refractivity contribution in [2.75, 3.05) is 30.3 Å². The van der Waals surface area contributed by atoms with Crippen molar-refractivity contribution in [3.8, 4) is 0 Å². The Morgan fingerprint density at radius 3 is 2.51 bits per heavy atom. The third-order valence-corrected chi connectivity index (χ3v) is 8.24. The van der Waals surface area contributed by atoms with Gasteiger partial charge in [-0.1, -0.05) is 41.7 Å². The summed E-state index contributed by atoms with van der Waals surface area (Å²) in [7, 11) is 0. The van der Waals surface area contributed by atoms with Gasteiger partial charge in [-0.3, -0.25) is 9.36 Å². The molecule has 2 aromatic heterocycles. The minimum Gasteiger partial charge on any atom is -0.369 e. The number of fused-ring (bicyclic) bond motifs is 1. The van der Waals surface area contributed by atoms with Crippen LogP contribution in [0.1, 0.15) is 51.5 Å². The van der Waals surface area contributed by atoms with Gasteiger partial charge in [0, 0.05) is 29.6 Å². The molecule has 1 atom stereocenters. The van der Waals surface area contributed by atoms with Crippen molar-refractivity contribution in [2.24, 2.45) is 11.7 Å². The molecule has 12 heteroatoms. The van der Waals surface area contributed by atoms with E-state index in [-0.39, 0.29) is 23.9 Å². The van der Waals surface area contributed by atoms with Gasteiger partial charge in [-0.05, 0) is 63.7 Å². The van der Waals surface area contributed by atoms with Gasteiger partial charge in [0.25, 0.3) is 0 Å². The van der Waals surface area contributed by atoms with Gasteiger partial charge in [0.1, 0.15) is 5.52 Å². The molecule has 1 saturated heterocycles. The summed E-state index contributed by atoms with van der Waals surface area (Å²) in [4.78, 5) is 28.5. The molecule has 37 heavy (non-hydrogen) atoms. The van der Waals surface area contributed by atoms with Crippen molar-refractivity contribution in [3.63, 3.8) is 0 Å². The summed E-state index contributed by atoms with van der Waals surface area (Å²) in [6, 6.07) is 3.63. The van der Waals surface area contributed by atoms with Crippen LogP contribution in [0.15, 0.2) is 18.3 Å². The summed E-state index contributed by atoms with van der Waals surface area (Å²) in [5, 5.41) is 8.07. The summed E-state index contributed by atoms with van der Waals surface area (Å²) in [5.41, 5.74) is 7.47. The minimum absolute atomic E-state index is 0.0703. The van der Waals surface area contributed by atoms with Gasteiger partial charge in [-0.15, -0.1) is 0 Å². The normalized spacial score (nSPS) is 22.8. The summed E-state index contributed by atoms with van der Waals surface area (Å²) in [6.07, 6.45) is 6.94. The quantitative estimate of drug-likeness (QED) is 0.339. The number of carbonyl (C=O) groups excluding carboxylic acids is 1. The van der Waals surface area contributed by atoms with Gasteiger partial charge in [0.05, 0.1) is 21.9 Å². The maximum absolute atomic E-state index is 11.8. The number of hydrogen-bond donors (Lipinski definition) is 3. The van der Waals surface area contributed by atoms with E-state index in [0.29, 0.717) is 56.7 Å². The van der Waals surface area contributed by atoms with E-state index in [1.165, 1.54) is 0 Å². The zero-order valence-electron chi connectivity index (χ0n) is 20.7. The molecule has 3 heterocycles. The van der Waals surface area contributed by atoms with Gasteiger partial charge >= 0.3 is 0 Å². The Kier molecular flexibility index (Phi) is 7.95. The van der Waals surface area contributed by atoms with Crippen molar-refractivity contribution in [2.45, 2.75) is 57.5 Å².